The molecule has 5 rings (SSSR count). The van der Waals surface area contributed by atoms with E-state index in [1.165, 1.54) is 10.6 Å². The fourth-order valence-electron chi connectivity index (χ4n) is 3.03. The fourth-order valence-corrected chi connectivity index (χ4v) is 5.11. The van der Waals surface area contributed by atoms with Crippen LogP contribution >= 0.6 is 7.92 Å². The molecule has 1 N–H and O–H groups in total. The maximum Gasteiger partial charge on any atom is 2.00 e. The van der Waals surface area contributed by atoms with Gasteiger partial charge >= 0.3 is 16.5 Å². The molecular weight excluding hydrogens is 492 g/mol. The van der Waals surface area contributed by atoms with Crippen molar-refractivity contribution >= 4 is 18.5 Å². The Morgan fingerprint density at radius 1 is 0.600 bits per heavy atom. The quantitative estimate of drug-likeness (QED) is 0.161. The van der Waals surface area contributed by atoms with E-state index in [9.17, 15) is 5.11 Å². The SMILES string of the molecule is OC([CH-]P(c1ccccc1)c1ccccc1)c1ccccc1.[Ni+2].[c-]1ccccc1.c1ccncc1. The molecule has 0 aliphatic rings. The van der Waals surface area contributed by atoms with Gasteiger partial charge in [-0.1, -0.05) is 108 Å². The van der Waals surface area contributed by atoms with Crippen LogP contribution in [0.3, 0.4) is 0 Å². The topological polar surface area (TPSA) is 33.1 Å². The predicted molar refractivity (Wildman–Crippen MR) is 144 cm³/mol. The Morgan fingerprint density at radius 3 is 1.37 bits per heavy atom. The zero-order valence-electron chi connectivity index (χ0n) is 19.2. The summed E-state index contributed by atoms with van der Waals surface area (Å²) in [6, 6.07) is 48.8. The predicted octanol–water partition coefficient (Wildman–Crippen LogP) is 6.58. The summed E-state index contributed by atoms with van der Waals surface area (Å²) in [6.07, 6.45) is 5.00. The molecule has 2 nitrogen and oxygen atoms in total. The molecule has 0 fully saturated rings. The number of aromatic nitrogens is 1. The average Bonchev–Trinajstić information content (AvgIpc) is 2.95. The first-order chi connectivity index (χ1) is 16.8. The third-order valence-corrected chi connectivity index (χ3v) is 6.96. The smallest absolute Gasteiger partial charge is 0.420 e. The van der Waals surface area contributed by atoms with Crippen LogP contribution in [0.2, 0.25) is 0 Å². The van der Waals surface area contributed by atoms with Crippen molar-refractivity contribution in [3.05, 3.63) is 170 Å². The van der Waals surface area contributed by atoms with Gasteiger partial charge in [-0.05, 0) is 23.8 Å². The molecule has 0 aliphatic heterocycles. The monoisotopic (exact) mass is 519 g/mol. The van der Waals surface area contributed by atoms with E-state index in [1.807, 2.05) is 91.0 Å². The first-order valence-electron chi connectivity index (χ1n) is 11.1. The molecule has 4 aromatic carbocycles. The normalized spacial score (nSPS) is 10.5. The van der Waals surface area contributed by atoms with Gasteiger partial charge in [0.15, 0.2) is 0 Å². The number of nitrogens with zero attached hydrogens (tertiary/aromatic N) is 1. The molecule has 1 atom stereocenters. The van der Waals surface area contributed by atoms with Crippen LogP contribution in [-0.2, 0) is 16.5 Å². The second-order valence-corrected chi connectivity index (χ2v) is 9.22. The number of pyridine rings is 1. The van der Waals surface area contributed by atoms with Crippen molar-refractivity contribution in [3.63, 3.8) is 0 Å². The minimum Gasteiger partial charge on any atom is -0.420 e. The number of aliphatic hydroxyl groups is 1. The summed E-state index contributed by atoms with van der Waals surface area (Å²) < 4.78 is 0. The molecule has 1 unspecified atom stereocenters. The van der Waals surface area contributed by atoms with Crippen LogP contribution in [-0.4, -0.2) is 10.1 Å². The molecule has 1 heterocycles. The number of hydrogen-bond acceptors (Lipinski definition) is 2. The number of aliphatic hydroxyl groups excluding tert-OH is 1. The molecule has 0 aliphatic carbocycles. The van der Waals surface area contributed by atoms with Gasteiger partial charge in [-0.3, -0.25) is 11.1 Å². The van der Waals surface area contributed by atoms with Crippen LogP contribution in [0.5, 0.6) is 0 Å². The van der Waals surface area contributed by atoms with Gasteiger partial charge in [-0.15, -0.1) is 0 Å². The Morgan fingerprint density at radius 2 is 1.03 bits per heavy atom. The van der Waals surface area contributed by atoms with Crippen molar-refractivity contribution in [2.45, 2.75) is 6.10 Å². The van der Waals surface area contributed by atoms with Gasteiger partial charge in [-0.2, -0.15) is 36.4 Å². The van der Waals surface area contributed by atoms with Gasteiger partial charge < -0.3 is 5.11 Å². The van der Waals surface area contributed by atoms with Crippen molar-refractivity contribution < 1.29 is 21.6 Å². The Balaban J connectivity index is 0.000000271. The van der Waals surface area contributed by atoms with Crippen LogP contribution in [0.1, 0.15) is 11.7 Å². The summed E-state index contributed by atoms with van der Waals surface area (Å²) >= 11 is 0. The maximum atomic E-state index is 10.6. The Bertz CT molecular complexity index is 1010. The average molecular weight is 520 g/mol. The molecule has 0 saturated carbocycles. The summed E-state index contributed by atoms with van der Waals surface area (Å²) in [5.41, 5.74) is 0.932. The summed E-state index contributed by atoms with van der Waals surface area (Å²) in [5, 5.41) is 13.1. The minimum absolute atomic E-state index is 0. The van der Waals surface area contributed by atoms with Crippen LogP contribution in [0, 0.1) is 12.2 Å². The zero-order chi connectivity index (χ0) is 23.7. The Hall–Kier alpha value is -3.09. The third-order valence-electron chi connectivity index (χ3n) is 4.67. The standard InChI is InChI=1S/C20H18OP.C6H5.C5H5N.Ni/c21-20(17-10-4-1-5-11-17)16-22(18-12-6-2-7-13-18)19-14-8-3-9-15-19;2*1-2-4-6-5-3-1;/h1-16,20-21H;2*1-5H;/q2*-1;;+2. The first kappa shape index (κ1) is 28.2. The van der Waals surface area contributed by atoms with Crippen molar-refractivity contribution in [1.29, 1.82) is 0 Å². The molecule has 0 saturated heterocycles. The second-order valence-electron chi connectivity index (χ2n) is 7.15. The number of hydrogen-bond donors (Lipinski definition) is 1. The molecule has 4 heteroatoms. The summed E-state index contributed by atoms with van der Waals surface area (Å²) in [6.45, 7) is 0. The number of benzene rings is 4. The molecule has 0 amide bonds. The van der Waals surface area contributed by atoms with Crippen LogP contribution < -0.4 is 10.6 Å². The molecule has 0 spiro atoms. The zero-order valence-corrected chi connectivity index (χ0v) is 21.1. The van der Waals surface area contributed by atoms with Gasteiger partial charge in [-0.25, -0.2) is 7.92 Å². The Kier molecular flexibility index (Phi) is 14.0. The van der Waals surface area contributed by atoms with Crippen LogP contribution in [0.4, 0.5) is 0 Å². The van der Waals surface area contributed by atoms with Crippen molar-refractivity contribution in [1.82, 2.24) is 4.98 Å². The van der Waals surface area contributed by atoms with E-state index < -0.39 is 14.0 Å². The van der Waals surface area contributed by atoms with E-state index in [4.69, 9.17) is 0 Å². The van der Waals surface area contributed by atoms with Gasteiger partial charge in [0, 0.05) is 12.4 Å². The first-order valence-corrected chi connectivity index (χ1v) is 12.5. The van der Waals surface area contributed by atoms with Crippen LogP contribution in [0.15, 0.2) is 152 Å². The van der Waals surface area contributed by atoms with E-state index in [1.54, 1.807) is 12.4 Å². The Labute approximate surface area is 220 Å². The van der Waals surface area contributed by atoms with E-state index in [2.05, 4.69) is 65.7 Å². The van der Waals surface area contributed by atoms with E-state index in [-0.39, 0.29) is 16.5 Å². The molecule has 5 aromatic rings. The van der Waals surface area contributed by atoms with Gasteiger partial charge in [0.1, 0.15) is 0 Å². The van der Waals surface area contributed by atoms with E-state index in [0.717, 1.165) is 5.56 Å². The van der Waals surface area contributed by atoms with E-state index in [0.29, 0.717) is 0 Å². The molecule has 35 heavy (non-hydrogen) atoms. The molecular formula is C31H28NNiOP. The largest absolute Gasteiger partial charge is 2.00 e. The van der Waals surface area contributed by atoms with Crippen molar-refractivity contribution in [2.75, 3.05) is 0 Å². The van der Waals surface area contributed by atoms with Crippen molar-refractivity contribution in [2.24, 2.45) is 0 Å². The fraction of sp³-hybridized carbons (Fsp3) is 0.0323. The van der Waals surface area contributed by atoms with Gasteiger partial charge in [0.25, 0.3) is 0 Å². The molecule has 178 valence electrons. The van der Waals surface area contributed by atoms with Gasteiger partial charge in [0.2, 0.25) is 0 Å². The van der Waals surface area contributed by atoms with Crippen molar-refractivity contribution in [3.8, 4) is 0 Å². The molecule has 0 bridgehead atoms. The molecule has 1 aromatic heterocycles. The van der Waals surface area contributed by atoms with Gasteiger partial charge in [0.05, 0.1) is 0 Å². The van der Waals surface area contributed by atoms with E-state index >= 15 is 0 Å². The maximum absolute atomic E-state index is 10.6. The van der Waals surface area contributed by atoms with Crippen LogP contribution in [0.25, 0.3) is 0 Å². The summed E-state index contributed by atoms with van der Waals surface area (Å²) in [7, 11) is -0.689. The minimum atomic E-state index is -0.689. The number of rotatable bonds is 5. The summed E-state index contributed by atoms with van der Waals surface area (Å²) in [5.74, 6) is 0. The third kappa shape index (κ3) is 10.8. The molecule has 0 radical (unpaired) electrons. The summed E-state index contributed by atoms with van der Waals surface area (Å²) in [4.78, 5) is 3.78. The second kappa shape index (κ2) is 17.4.